The van der Waals surface area contributed by atoms with E-state index in [-0.39, 0.29) is 0 Å². The van der Waals surface area contributed by atoms with E-state index in [1.165, 1.54) is 6.54 Å². The highest BCUT2D eigenvalue weighted by Gasteiger charge is 2.21. The zero-order chi connectivity index (χ0) is 9.14. The molecule has 0 saturated carbocycles. The van der Waals surface area contributed by atoms with E-state index in [1.807, 2.05) is 0 Å². The number of morpholine rings is 1. The molecule has 1 aliphatic heterocycles. The molecule has 72 valence electrons. The van der Waals surface area contributed by atoms with Gasteiger partial charge in [-0.15, -0.1) is 0 Å². The van der Waals surface area contributed by atoms with E-state index in [4.69, 9.17) is 4.74 Å². The topological polar surface area (TPSA) is 12.5 Å². The van der Waals surface area contributed by atoms with Gasteiger partial charge in [-0.05, 0) is 19.8 Å². The van der Waals surface area contributed by atoms with E-state index >= 15 is 0 Å². The number of ether oxygens (including phenoxy) is 1. The van der Waals surface area contributed by atoms with Crippen molar-refractivity contribution in [3.8, 4) is 0 Å². The summed E-state index contributed by atoms with van der Waals surface area (Å²) < 4.78 is 5.66. The van der Waals surface area contributed by atoms with Gasteiger partial charge in [-0.1, -0.05) is 13.8 Å². The smallest absolute Gasteiger partial charge is 0.0678 e. The van der Waals surface area contributed by atoms with Crippen LogP contribution < -0.4 is 0 Å². The first-order chi connectivity index (χ1) is 5.58. The van der Waals surface area contributed by atoms with Crippen molar-refractivity contribution >= 4 is 0 Å². The predicted octanol–water partition coefficient (Wildman–Crippen LogP) is 1.75. The van der Waals surface area contributed by atoms with E-state index < -0.39 is 0 Å². The maximum atomic E-state index is 5.66. The molecule has 1 rings (SSSR count). The molecule has 0 spiro atoms. The molecule has 0 aromatic rings. The van der Waals surface area contributed by atoms with Crippen molar-refractivity contribution in [2.75, 3.05) is 19.6 Å². The van der Waals surface area contributed by atoms with Gasteiger partial charge < -0.3 is 4.74 Å². The minimum Gasteiger partial charge on any atom is -0.373 e. The molecule has 1 fully saturated rings. The van der Waals surface area contributed by atoms with Crippen LogP contribution in [0.1, 0.15) is 27.7 Å². The fourth-order valence-electron chi connectivity index (χ4n) is 1.95. The molecule has 1 aliphatic rings. The molecule has 2 heteroatoms. The standard InChI is InChI=1S/C10H21NO/c1-8(2)5-11-6-9(3)12-10(4)7-11/h8-10H,5-7H2,1-4H3/t9-,10?/m1/s1. The van der Waals surface area contributed by atoms with Gasteiger partial charge in [-0.2, -0.15) is 0 Å². The monoisotopic (exact) mass is 171 g/mol. The van der Waals surface area contributed by atoms with E-state index in [0.29, 0.717) is 12.2 Å². The van der Waals surface area contributed by atoms with Gasteiger partial charge in [0, 0.05) is 19.6 Å². The summed E-state index contributed by atoms with van der Waals surface area (Å²) in [6.45, 7) is 12.3. The molecule has 2 nitrogen and oxygen atoms in total. The van der Waals surface area contributed by atoms with Crippen LogP contribution in [0.15, 0.2) is 0 Å². The van der Waals surface area contributed by atoms with E-state index in [1.54, 1.807) is 0 Å². The van der Waals surface area contributed by atoms with E-state index in [2.05, 4.69) is 32.6 Å². The van der Waals surface area contributed by atoms with Crippen molar-refractivity contribution in [1.82, 2.24) is 4.90 Å². The quantitative estimate of drug-likeness (QED) is 0.627. The lowest BCUT2D eigenvalue weighted by Gasteiger charge is -2.36. The SMILES string of the molecule is CC(C)CN1CC(C)O[C@H](C)C1. The highest BCUT2D eigenvalue weighted by atomic mass is 16.5. The number of hydrogen-bond acceptors (Lipinski definition) is 2. The Morgan fingerprint density at radius 3 is 2.17 bits per heavy atom. The Morgan fingerprint density at radius 1 is 1.25 bits per heavy atom. The summed E-state index contributed by atoms with van der Waals surface area (Å²) in [5.41, 5.74) is 0. The maximum absolute atomic E-state index is 5.66. The Morgan fingerprint density at radius 2 is 1.75 bits per heavy atom. The molecule has 1 unspecified atom stereocenters. The summed E-state index contributed by atoms with van der Waals surface area (Å²) in [5.74, 6) is 0.766. The van der Waals surface area contributed by atoms with Crippen LogP contribution in [0.4, 0.5) is 0 Å². The molecular formula is C10H21NO. The van der Waals surface area contributed by atoms with Gasteiger partial charge in [0.15, 0.2) is 0 Å². The summed E-state index contributed by atoms with van der Waals surface area (Å²) in [4.78, 5) is 2.50. The Labute approximate surface area is 75.9 Å². The van der Waals surface area contributed by atoms with Crippen molar-refractivity contribution < 1.29 is 4.74 Å². The second kappa shape index (κ2) is 4.24. The molecule has 0 aliphatic carbocycles. The molecule has 1 saturated heterocycles. The van der Waals surface area contributed by atoms with E-state index in [0.717, 1.165) is 19.0 Å². The summed E-state index contributed by atoms with van der Waals surface area (Å²) in [6, 6.07) is 0. The lowest BCUT2D eigenvalue weighted by Crippen LogP contribution is -2.46. The average Bonchev–Trinajstić information content (AvgIpc) is 1.81. The van der Waals surface area contributed by atoms with Gasteiger partial charge in [0.25, 0.3) is 0 Å². The Kier molecular flexibility index (Phi) is 3.53. The first kappa shape index (κ1) is 10.0. The minimum atomic E-state index is 0.410. The molecule has 0 aromatic heterocycles. The van der Waals surface area contributed by atoms with Crippen LogP contribution >= 0.6 is 0 Å². The third-order valence-corrected chi connectivity index (χ3v) is 2.12. The predicted molar refractivity (Wildman–Crippen MR) is 51.3 cm³/mol. The van der Waals surface area contributed by atoms with Crippen LogP contribution in [-0.4, -0.2) is 36.7 Å². The lowest BCUT2D eigenvalue weighted by molar-refractivity contribution is -0.0704. The first-order valence-electron chi connectivity index (χ1n) is 4.95. The van der Waals surface area contributed by atoms with Crippen LogP contribution in [-0.2, 0) is 4.74 Å². The van der Waals surface area contributed by atoms with Crippen LogP contribution in [0, 0.1) is 5.92 Å². The first-order valence-corrected chi connectivity index (χ1v) is 4.95. The fourth-order valence-corrected chi connectivity index (χ4v) is 1.95. The highest BCUT2D eigenvalue weighted by molar-refractivity contribution is 4.73. The second-order valence-corrected chi connectivity index (χ2v) is 4.37. The van der Waals surface area contributed by atoms with Crippen molar-refractivity contribution in [3.05, 3.63) is 0 Å². The van der Waals surface area contributed by atoms with Gasteiger partial charge in [0.1, 0.15) is 0 Å². The summed E-state index contributed by atoms with van der Waals surface area (Å²) >= 11 is 0. The van der Waals surface area contributed by atoms with Crippen LogP contribution in [0.25, 0.3) is 0 Å². The summed E-state index contributed by atoms with van der Waals surface area (Å²) in [5, 5.41) is 0. The van der Waals surface area contributed by atoms with Gasteiger partial charge in [-0.3, -0.25) is 4.90 Å². The third-order valence-electron chi connectivity index (χ3n) is 2.12. The van der Waals surface area contributed by atoms with Crippen molar-refractivity contribution in [2.45, 2.75) is 39.9 Å². The molecule has 12 heavy (non-hydrogen) atoms. The molecule has 0 N–H and O–H groups in total. The normalized spacial score (nSPS) is 32.8. The largest absolute Gasteiger partial charge is 0.373 e. The minimum absolute atomic E-state index is 0.410. The van der Waals surface area contributed by atoms with Crippen molar-refractivity contribution in [1.29, 1.82) is 0 Å². The van der Waals surface area contributed by atoms with Gasteiger partial charge in [0.2, 0.25) is 0 Å². The second-order valence-electron chi connectivity index (χ2n) is 4.37. The van der Waals surface area contributed by atoms with Crippen LogP contribution in [0.2, 0.25) is 0 Å². The molecular weight excluding hydrogens is 150 g/mol. The zero-order valence-corrected chi connectivity index (χ0v) is 8.71. The molecule has 0 radical (unpaired) electrons. The molecule has 2 atom stereocenters. The molecule has 0 bridgehead atoms. The third kappa shape index (κ3) is 3.11. The van der Waals surface area contributed by atoms with Crippen molar-refractivity contribution in [3.63, 3.8) is 0 Å². The van der Waals surface area contributed by atoms with Gasteiger partial charge in [-0.25, -0.2) is 0 Å². The summed E-state index contributed by atoms with van der Waals surface area (Å²) in [6.07, 6.45) is 0.819. The van der Waals surface area contributed by atoms with Crippen molar-refractivity contribution in [2.24, 2.45) is 5.92 Å². The number of rotatable bonds is 2. The highest BCUT2D eigenvalue weighted by Crippen LogP contribution is 2.11. The number of hydrogen-bond donors (Lipinski definition) is 0. The fraction of sp³-hybridized carbons (Fsp3) is 1.00. The molecule has 1 heterocycles. The van der Waals surface area contributed by atoms with Crippen LogP contribution in [0.3, 0.4) is 0 Å². The zero-order valence-electron chi connectivity index (χ0n) is 8.71. The Balaban J connectivity index is 2.34. The number of nitrogens with zero attached hydrogens (tertiary/aromatic N) is 1. The maximum Gasteiger partial charge on any atom is 0.0678 e. The summed E-state index contributed by atoms with van der Waals surface area (Å²) in [7, 11) is 0. The lowest BCUT2D eigenvalue weighted by atomic mass is 10.1. The van der Waals surface area contributed by atoms with Crippen LogP contribution in [0.5, 0.6) is 0 Å². The molecule has 0 amide bonds. The Bertz CT molecular complexity index is 123. The average molecular weight is 171 g/mol. The van der Waals surface area contributed by atoms with Gasteiger partial charge in [0.05, 0.1) is 12.2 Å². The Hall–Kier alpha value is -0.0800. The van der Waals surface area contributed by atoms with Gasteiger partial charge >= 0.3 is 0 Å². The molecule has 0 aromatic carbocycles. The van der Waals surface area contributed by atoms with E-state index in [9.17, 15) is 0 Å².